The third kappa shape index (κ3) is 9.55. The van der Waals surface area contributed by atoms with Crippen molar-refractivity contribution in [3.63, 3.8) is 0 Å². The molecule has 260 valence electrons. The predicted octanol–water partition coefficient (Wildman–Crippen LogP) is 7.91. The van der Waals surface area contributed by atoms with Gasteiger partial charge in [0.05, 0.1) is 18.3 Å². The maximum atomic E-state index is 11.4. The molecule has 11 nitrogen and oxygen atoms in total. The summed E-state index contributed by atoms with van der Waals surface area (Å²) in [6, 6.07) is 12.3. The maximum Gasteiger partial charge on any atom is 0.407 e. The van der Waals surface area contributed by atoms with Crippen LogP contribution in [0.1, 0.15) is 12.8 Å². The van der Waals surface area contributed by atoms with Crippen LogP contribution in [0.2, 0.25) is 51.4 Å². The minimum Gasteiger partial charge on any atom is -0.476 e. The number of para-hydroxylation sites is 1. The molecule has 4 heterocycles. The van der Waals surface area contributed by atoms with Crippen LogP contribution in [0.4, 0.5) is 10.6 Å². The number of ether oxygens (including phenoxy) is 3. The lowest BCUT2D eigenvalue weighted by Crippen LogP contribution is -2.38. The van der Waals surface area contributed by atoms with Gasteiger partial charge in [0.15, 0.2) is 11.5 Å². The Labute approximate surface area is 293 Å². The fraction of sp³-hybridized carbons (Fsp3) is 0.529. The van der Waals surface area contributed by atoms with E-state index in [0.717, 1.165) is 52.8 Å². The Morgan fingerprint density at radius 2 is 1.65 bits per heavy atom. The lowest BCUT2D eigenvalue weighted by molar-refractivity contribution is 0.0938. The summed E-state index contributed by atoms with van der Waals surface area (Å²) in [7, 11) is -2.57. The van der Waals surface area contributed by atoms with Crippen molar-refractivity contribution in [2.75, 3.05) is 51.3 Å². The van der Waals surface area contributed by atoms with Crippen LogP contribution >= 0.6 is 15.9 Å². The van der Waals surface area contributed by atoms with Crippen LogP contribution in [0.5, 0.6) is 5.88 Å². The van der Waals surface area contributed by atoms with E-state index in [0.29, 0.717) is 62.4 Å². The highest BCUT2D eigenvalue weighted by atomic mass is 79.9. The molecule has 1 aliphatic heterocycles. The molecule has 1 N–H and O–H groups in total. The number of anilines is 1. The zero-order valence-electron chi connectivity index (χ0n) is 29.0. The van der Waals surface area contributed by atoms with Crippen molar-refractivity contribution in [1.29, 1.82) is 0 Å². The number of halogens is 1. The number of carboxylic acid groups (broad SMARTS) is 1. The Morgan fingerprint density at radius 1 is 1.00 bits per heavy atom. The average molecular weight is 758 g/mol. The summed E-state index contributed by atoms with van der Waals surface area (Å²) in [5.41, 5.74) is 3.29. The first-order valence-corrected chi connectivity index (χ1v) is 24.9. The SMILES string of the molecule is C[Si](C)(C)CCOCN(COCC[Si](C)(C)C)c1c(Br)c(OCC2CCN(C(=O)O)CC2)nc2c(-c3cnc4ccccc4c3)cnn12. The standard InChI is InChI=1S/C34H49BrN6O5Si2/c1-47(2,3)17-15-44-23-40(24-45-16-18-48(4,5)6)33-30(35)32(46-22-25-11-13-39(14-12-25)34(42)43)38-31-28(21-37-41(31)33)27-19-26-9-7-8-10-29(26)36-20-27/h7-10,19-21,25H,11-18,22-24H2,1-6H3,(H,42,43). The molecule has 14 heteroatoms. The van der Waals surface area contributed by atoms with E-state index in [1.807, 2.05) is 35.1 Å². The Balaban J connectivity index is 1.51. The topological polar surface area (TPSA) is 115 Å². The van der Waals surface area contributed by atoms with Gasteiger partial charge in [-0.05, 0) is 58.9 Å². The number of aromatic nitrogens is 4. The number of fused-ring (bicyclic) bond motifs is 2. The molecule has 3 aromatic heterocycles. The number of pyridine rings is 1. The van der Waals surface area contributed by atoms with Gasteiger partial charge in [-0.3, -0.25) is 4.98 Å². The fourth-order valence-electron chi connectivity index (χ4n) is 5.48. The molecule has 1 fully saturated rings. The van der Waals surface area contributed by atoms with Crippen LogP contribution < -0.4 is 9.64 Å². The van der Waals surface area contributed by atoms with Crippen LogP contribution in [0.15, 0.2) is 47.2 Å². The van der Waals surface area contributed by atoms with Crippen LogP contribution in [0.25, 0.3) is 27.7 Å². The molecule has 0 spiro atoms. The molecule has 0 aliphatic carbocycles. The molecular formula is C34H49BrN6O5Si2. The zero-order valence-corrected chi connectivity index (χ0v) is 32.6. The number of carbonyl (C=O) groups is 1. The number of likely N-dealkylation sites (tertiary alicyclic amines) is 1. The predicted molar refractivity (Wildman–Crippen MR) is 200 cm³/mol. The highest BCUT2D eigenvalue weighted by Crippen LogP contribution is 2.38. The van der Waals surface area contributed by atoms with Gasteiger partial charge < -0.3 is 29.1 Å². The van der Waals surface area contributed by atoms with E-state index in [4.69, 9.17) is 29.3 Å². The highest BCUT2D eigenvalue weighted by molar-refractivity contribution is 9.10. The monoisotopic (exact) mass is 756 g/mol. The van der Waals surface area contributed by atoms with Crippen molar-refractivity contribution in [2.24, 2.45) is 5.92 Å². The lowest BCUT2D eigenvalue weighted by atomic mass is 9.98. The smallest absolute Gasteiger partial charge is 0.407 e. The number of hydrogen-bond donors (Lipinski definition) is 1. The van der Waals surface area contributed by atoms with E-state index in [2.05, 4.69) is 72.2 Å². The minimum atomic E-state index is -1.28. The normalized spacial score (nSPS) is 14.6. The van der Waals surface area contributed by atoms with Crippen molar-refractivity contribution in [2.45, 2.75) is 64.2 Å². The lowest BCUT2D eigenvalue weighted by Gasteiger charge is -2.30. The third-order valence-electron chi connectivity index (χ3n) is 8.56. The van der Waals surface area contributed by atoms with Crippen LogP contribution in [-0.4, -0.2) is 98.2 Å². The van der Waals surface area contributed by atoms with E-state index in [9.17, 15) is 9.90 Å². The molecule has 1 amide bonds. The van der Waals surface area contributed by atoms with E-state index in [-0.39, 0.29) is 5.92 Å². The summed E-state index contributed by atoms with van der Waals surface area (Å²) in [5.74, 6) is 1.40. The second-order valence-electron chi connectivity index (χ2n) is 15.0. The maximum absolute atomic E-state index is 11.4. The first-order chi connectivity index (χ1) is 22.8. The Bertz CT molecular complexity index is 1680. The average Bonchev–Trinajstić information content (AvgIpc) is 3.45. The largest absolute Gasteiger partial charge is 0.476 e. The van der Waals surface area contributed by atoms with Gasteiger partial charge in [-0.25, -0.2) is 4.79 Å². The van der Waals surface area contributed by atoms with E-state index in [1.165, 1.54) is 4.90 Å². The Morgan fingerprint density at radius 3 is 2.27 bits per heavy atom. The van der Waals surface area contributed by atoms with Gasteiger partial charge in [0, 0.05) is 65.2 Å². The molecular weight excluding hydrogens is 708 g/mol. The van der Waals surface area contributed by atoms with Crippen LogP contribution in [0.3, 0.4) is 0 Å². The van der Waals surface area contributed by atoms with Gasteiger partial charge in [-0.2, -0.15) is 14.6 Å². The molecule has 4 aromatic rings. The number of amides is 1. The number of piperidine rings is 1. The first kappa shape index (κ1) is 36.2. The number of benzene rings is 1. The Hall–Kier alpha value is -3.05. The van der Waals surface area contributed by atoms with Gasteiger partial charge in [0.25, 0.3) is 0 Å². The fourth-order valence-corrected chi connectivity index (χ4v) is 7.62. The summed E-state index contributed by atoms with van der Waals surface area (Å²) in [6.45, 7) is 17.5. The highest BCUT2D eigenvalue weighted by Gasteiger charge is 2.27. The van der Waals surface area contributed by atoms with Crippen molar-refractivity contribution in [3.8, 4) is 17.0 Å². The molecule has 0 unspecified atom stereocenters. The zero-order chi connectivity index (χ0) is 34.5. The van der Waals surface area contributed by atoms with Crippen molar-refractivity contribution in [3.05, 3.63) is 47.2 Å². The second kappa shape index (κ2) is 15.7. The number of hydrogen-bond acceptors (Lipinski definition) is 8. The van der Waals surface area contributed by atoms with E-state index < -0.39 is 22.2 Å². The second-order valence-corrected chi connectivity index (χ2v) is 27.1. The molecule has 0 atom stereocenters. The van der Waals surface area contributed by atoms with Crippen LogP contribution in [0, 0.1) is 5.92 Å². The summed E-state index contributed by atoms with van der Waals surface area (Å²) >= 11 is 3.85. The van der Waals surface area contributed by atoms with Crippen LogP contribution in [-0.2, 0) is 9.47 Å². The molecule has 1 saturated heterocycles. The first-order valence-electron chi connectivity index (χ1n) is 16.7. The van der Waals surface area contributed by atoms with Gasteiger partial charge >= 0.3 is 6.09 Å². The molecule has 1 aliphatic rings. The van der Waals surface area contributed by atoms with E-state index >= 15 is 0 Å². The van der Waals surface area contributed by atoms with E-state index in [1.54, 1.807) is 0 Å². The summed E-state index contributed by atoms with van der Waals surface area (Å²) in [6.07, 6.45) is 4.29. The third-order valence-corrected chi connectivity index (χ3v) is 12.7. The molecule has 5 rings (SSSR count). The summed E-state index contributed by atoms with van der Waals surface area (Å²) < 4.78 is 21.5. The van der Waals surface area contributed by atoms with Gasteiger partial charge in [0.1, 0.15) is 17.9 Å². The molecule has 1 aromatic carbocycles. The molecule has 0 saturated carbocycles. The number of nitrogens with zero attached hydrogens (tertiary/aromatic N) is 6. The van der Waals surface area contributed by atoms with Gasteiger partial charge in [-0.15, -0.1) is 0 Å². The molecule has 0 radical (unpaired) electrons. The van der Waals surface area contributed by atoms with Crippen molar-refractivity contribution in [1.82, 2.24) is 24.5 Å². The summed E-state index contributed by atoms with van der Waals surface area (Å²) in [4.78, 5) is 24.7. The quantitative estimate of drug-likeness (QED) is 0.0735. The van der Waals surface area contributed by atoms with Crippen molar-refractivity contribution < 1.29 is 24.1 Å². The molecule has 0 bridgehead atoms. The Kier molecular flexibility index (Phi) is 11.8. The number of rotatable bonds is 15. The van der Waals surface area contributed by atoms with Crippen molar-refractivity contribution >= 4 is 60.5 Å². The van der Waals surface area contributed by atoms with Gasteiger partial charge in [0.2, 0.25) is 5.88 Å². The summed E-state index contributed by atoms with van der Waals surface area (Å²) in [5, 5.41) is 15.3. The minimum absolute atomic E-state index is 0.217. The van der Waals surface area contributed by atoms with Gasteiger partial charge in [-0.1, -0.05) is 57.5 Å². The molecule has 48 heavy (non-hydrogen) atoms.